The van der Waals surface area contributed by atoms with Gasteiger partial charge in [0.15, 0.2) is 0 Å². The van der Waals surface area contributed by atoms with Crippen LogP contribution in [0.3, 0.4) is 0 Å². The molecule has 0 aromatic carbocycles. The summed E-state index contributed by atoms with van der Waals surface area (Å²) in [4.78, 5) is 8.14. The van der Waals surface area contributed by atoms with Crippen LogP contribution in [0.15, 0.2) is 37.1 Å². The molecule has 14 heavy (non-hydrogen) atoms. The molecule has 0 N–H and O–H groups in total. The summed E-state index contributed by atoms with van der Waals surface area (Å²) in [6, 6.07) is 4.00. The third-order valence-electron chi connectivity index (χ3n) is 1.70. The zero-order valence-corrected chi connectivity index (χ0v) is 8.81. The van der Waals surface area contributed by atoms with Gasteiger partial charge in [-0.3, -0.25) is 4.98 Å². The van der Waals surface area contributed by atoms with Crippen LogP contribution in [0.5, 0.6) is 0 Å². The van der Waals surface area contributed by atoms with Crippen molar-refractivity contribution in [3.05, 3.63) is 42.7 Å². The Kier molecular flexibility index (Phi) is 3.85. The molecule has 2 aromatic heterocycles. The number of aromatic nitrogens is 3. The van der Waals surface area contributed by atoms with Crippen molar-refractivity contribution in [2.24, 2.45) is 0 Å². The number of hydrogen-bond donors (Lipinski definition) is 0. The van der Waals surface area contributed by atoms with E-state index in [0.717, 1.165) is 11.4 Å². The highest BCUT2D eigenvalue weighted by Gasteiger charge is 1.93. The molecule has 0 aliphatic heterocycles. The van der Waals surface area contributed by atoms with Crippen LogP contribution >= 0.6 is 0 Å². The monoisotopic (exact) mass is 189 g/mol. The average molecular weight is 189 g/mol. The second kappa shape index (κ2) is 5.17. The number of imidazole rings is 1. The molecule has 0 aliphatic carbocycles. The van der Waals surface area contributed by atoms with E-state index in [1.54, 1.807) is 12.5 Å². The summed E-state index contributed by atoms with van der Waals surface area (Å²) < 4.78 is 1.92. The lowest BCUT2D eigenvalue weighted by Crippen LogP contribution is -1.91. The normalized spacial score (nSPS) is 9.07. The molecule has 0 spiro atoms. The summed E-state index contributed by atoms with van der Waals surface area (Å²) >= 11 is 0. The fraction of sp³-hybridized carbons (Fsp3) is 0.273. The molecule has 2 rings (SSSR count). The van der Waals surface area contributed by atoms with E-state index >= 15 is 0 Å². The number of rotatable bonds is 1. The van der Waals surface area contributed by atoms with Crippen molar-refractivity contribution in [3.63, 3.8) is 0 Å². The molecule has 0 unspecified atom stereocenters. The highest BCUT2D eigenvalue weighted by atomic mass is 15.0. The van der Waals surface area contributed by atoms with Crippen LogP contribution in [0.25, 0.3) is 5.69 Å². The lowest BCUT2D eigenvalue weighted by Gasteiger charge is -1.99. The first-order valence-corrected chi connectivity index (χ1v) is 4.77. The van der Waals surface area contributed by atoms with E-state index in [0.29, 0.717) is 0 Å². The maximum atomic E-state index is 4.19. The van der Waals surface area contributed by atoms with E-state index in [1.165, 1.54) is 0 Å². The lowest BCUT2D eigenvalue weighted by atomic mass is 10.3. The highest BCUT2D eigenvalue weighted by molar-refractivity contribution is 5.28. The zero-order chi connectivity index (χ0) is 10.4. The number of nitrogens with zero attached hydrogens (tertiary/aromatic N) is 3. The number of hydrogen-bond acceptors (Lipinski definition) is 2. The Morgan fingerprint density at radius 3 is 2.50 bits per heavy atom. The van der Waals surface area contributed by atoms with Gasteiger partial charge in [-0.25, -0.2) is 4.98 Å². The Balaban J connectivity index is 0.000000461. The predicted octanol–water partition coefficient (Wildman–Crippen LogP) is 2.60. The molecule has 0 bridgehead atoms. The fourth-order valence-electron chi connectivity index (χ4n) is 1.02. The molecule has 0 amide bonds. The molecular weight excluding hydrogens is 174 g/mol. The van der Waals surface area contributed by atoms with E-state index in [1.807, 2.05) is 49.9 Å². The van der Waals surface area contributed by atoms with Crippen molar-refractivity contribution in [2.75, 3.05) is 0 Å². The van der Waals surface area contributed by atoms with E-state index in [4.69, 9.17) is 0 Å². The molecule has 0 fully saturated rings. The van der Waals surface area contributed by atoms with Crippen LogP contribution < -0.4 is 0 Å². The Morgan fingerprint density at radius 1 is 1.21 bits per heavy atom. The van der Waals surface area contributed by atoms with E-state index in [9.17, 15) is 0 Å². The average Bonchev–Trinajstić information content (AvgIpc) is 2.75. The summed E-state index contributed by atoms with van der Waals surface area (Å²) in [5.74, 6) is 0. The van der Waals surface area contributed by atoms with Crippen molar-refractivity contribution in [1.82, 2.24) is 14.5 Å². The van der Waals surface area contributed by atoms with Crippen LogP contribution in [-0.4, -0.2) is 14.5 Å². The molecule has 2 aromatic rings. The van der Waals surface area contributed by atoms with Gasteiger partial charge in [-0.1, -0.05) is 13.8 Å². The molecule has 3 heteroatoms. The second-order valence-electron chi connectivity index (χ2n) is 2.63. The van der Waals surface area contributed by atoms with Crippen LogP contribution in [0.2, 0.25) is 0 Å². The Labute approximate surface area is 84.4 Å². The van der Waals surface area contributed by atoms with Gasteiger partial charge in [-0.05, 0) is 19.1 Å². The van der Waals surface area contributed by atoms with Crippen molar-refractivity contribution in [2.45, 2.75) is 20.8 Å². The SMILES string of the molecule is CC.Cc1ccc(-n2ccnc2)cn1. The molecule has 74 valence electrons. The van der Waals surface area contributed by atoms with E-state index in [-0.39, 0.29) is 0 Å². The van der Waals surface area contributed by atoms with Gasteiger partial charge >= 0.3 is 0 Å². The minimum absolute atomic E-state index is 1.03. The maximum absolute atomic E-state index is 4.19. The number of pyridine rings is 1. The van der Waals surface area contributed by atoms with Gasteiger partial charge in [0.25, 0.3) is 0 Å². The van der Waals surface area contributed by atoms with Crippen LogP contribution in [0.1, 0.15) is 19.5 Å². The molecule has 3 nitrogen and oxygen atoms in total. The molecule has 0 radical (unpaired) electrons. The quantitative estimate of drug-likeness (QED) is 0.690. The fourth-order valence-corrected chi connectivity index (χ4v) is 1.02. The second-order valence-corrected chi connectivity index (χ2v) is 2.63. The lowest BCUT2D eigenvalue weighted by molar-refractivity contribution is 1.03. The Hall–Kier alpha value is -1.64. The van der Waals surface area contributed by atoms with Crippen LogP contribution in [0, 0.1) is 6.92 Å². The standard InChI is InChI=1S/C9H9N3.C2H6/c1-8-2-3-9(6-11-8)12-5-4-10-7-12;1-2/h2-7H,1H3;1-2H3. The summed E-state index contributed by atoms with van der Waals surface area (Å²) in [6.45, 7) is 5.97. The van der Waals surface area contributed by atoms with Gasteiger partial charge < -0.3 is 4.57 Å². The minimum atomic E-state index is 1.03. The minimum Gasteiger partial charge on any atom is -0.305 e. The summed E-state index contributed by atoms with van der Waals surface area (Å²) in [5, 5.41) is 0. The van der Waals surface area contributed by atoms with Crippen LogP contribution in [-0.2, 0) is 0 Å². The van der Waals surface area contributed by atoms with Crippen molar-refractivity contribution in [1.29, 1.82) is 0 Å². The van der Waals surface area contributed by atoms with Crippen molar-refractivity contribution >= 4 is 0 Å². The van der Waals surface area contributed by atoms with Gasteiger partial charge in [-0.2, -0.15) is 0 Å². The topological polar surface area (TPSA) is 30.7 Å². The van der Waals surface area contributed by atoms with Gasteiger partial charge in [0.05, 0.1) is 18.2 Å². The summed E-state index contributed by atoms with van der Waals surface area (Å²) in [7, 11) is 0. The predicted molar refractivity (Wildman–Crippen MR) is 57.4 cm³/mol. The van der Waals surface area contributed by atoms with Gasteiger partial charge in [0.1, 0.15) is 0 Å². The first-order valence-electron chi connectivity index (χ1n) is 4.77. The smallest absolute Gasteiger partial charge is 0.0992 e. The van der Waals surface area contributed by atoms with Crippen LogP contribution in [0.4, 0.5) is 0 Å². The van der Waals surface area contributed by atoms with Gasteiger partial charge in [0, 0.05) is 18.1 Å². The first-order chi connectivity index (χ1) is 6.86. The molecule has 0 aliphatic rings. The third-order valence-corrected chi connectivity index (χ3v) is 1.70. The largest absolute Gasteiger partial charge is 0.305 e. The molecule has 0 saturated heterocycles. The van der Waals surface area contributed by atoms with Crippen molar-refractivity contribution < 1.29 is 0 Å². The zero-order valence-electron chi connectivity index (χ0n) is 8.81. The highest BCUT2D eigenvalue weighted by Crippen LogP contribution is 2.04. The van der Waals surface area contributed by atoms with Gasteiger partial charge in [-0.15, -0.1) is 0 Å². The molecular formula is C11H15N3. The number of aryl methyl sites for hydroxylation is 1. The summed E-state index contributed by atoms with van der Waals surface area (Å²) in [6.07, 6.45) is 7.23. The Morgan fingerprint density at radius 2 is 2.00 bits per heavy atom. The molecule has 0 atom stereocenters. The Bertz CT molecular complexity index is 349. The van der Waals surface area contributed by atoms with Gasteiger partial charge in [0.2, 0.25) is 0 Å². The summed E-state index contributed by atoms with van der Waals surface area (Å²) in [5.41, 5.74) is 2.07. The first kappa shape index (κ1) is 10.4. The molecule has 0 saturated carbocycles. The van der Waals surface area contributed by atoms with Crippen molar-refractivity contribution in [3.8, 4) is 5.69 Å². The van der Waals surface area contributed by atoms with E-state index in [2.05, 4.69) is 9.97 Å². The van der Waals surface area contributed by atoms with E-state index < -0.39 is 0 Å². The maximum Gasteiger partial charge on any atom is 0.0992 e. The molecule has 2 heterocycles. The third kappa shape index (κ3) is 2.42.